The van der Waals surface area contributed by atoms with E-state index < -0.39 is 7.60 Å². The highest BCUT2D eigenvalue weighted by Crippen LogP contribution is 2.49. The fourth-order valence-electron chi connectivity index (χ4n) is 8.77. The van der Waals surface area contributed by atoms with Crippen LogP contribution in [0.3, 0.4) is 0 Å². The molecular formula is C30H44N3O4P. The van der Waals surface area contributed by atoms with Crippen molar-refractivity contribution in [2.75, 3.05) is 13.2 Å². The molecule has 7 nitrogen and oxygen atoms in total. The summed E-state index contributed by atoms with van der Waals surface area (Å²) in [5, 5.41) is 0. The van der Waals surface area contributed by atoms with Crippen LogP contribution < -0.4 is 11.0 Å². The summed E-state index contributed by atoms with van der Waals surface area (Å²) in [5.41, 5.74) is 1.11. The maximum atomic E-state index is 14.1. The second-order valence-corrected chi connectivity index (χ2v) is 14.3. The summed E-state index contributed by atoms with van der Waals surface area (Å²) in [4.78, 5) is 21.6. The number of hydrogen-bond acceptors (Lipinski definition) is 6. The minimum atomic E-state index is -3.82. The zero-order chi connectivity index (χ0) is 26.4. The molecule has 4 bridgehead atoms. The van der Waals surface area contributed by atoms with Crippen molar-refractivity contribution in [2.24, 2.45) is 17.8 Å². The van der Waals surface area contributed by atoms with Gasteiger partial charge in [-0.3, -0.25) is 14.3 Å². The van der Waals surface area contributed by atoms with Crippen LogP contribution in [0.5, 0.6) is 0 Å². The molecule has 208 valence electrons. The van der Waals surface area contributed by atoms with Gasteiger partial charge in [0.05, 0.1) is 24.2 Å². The van der Waals surface area contributed by atoms with Crippen LogP contribution in [0.25, 0.3) is 11.0 Å². The van der Waals surface area contributed by atoms with Gasteiger partial charge >= 0.3 is 7.60 Å². The van der Waals surface area contributed by atoms with Gasteiger partial charge in [0.25, 0.3) is 5.56 Å². The predicted octanol–water partition coefficient (Wildman–Crippen LogP) is 6.06. The average molecular weight is 542 g/mol. The standard InChI is InChI=1S/C30H44N3O4P/c1-4-36-38(35,37-5-2)29-30(34)33(28-12-7-6-11-27(28)31-29)26-18-23-9-8-10-24(19-26)32(23)25-16-21-13-20(3)14-22(15-21)17-25/h6-7,11-12,20-26H,4-5,8-10,13-19H2,1-3H3/t20-,21-,22+,23-,24+,25+,26+. The third kappa shape index (κ3) is 4.82. The summed E-state index contributed by atoms with van der Waals surface area (Å²) in [5.74, 6) is 2.67. The van der Waals surface area contributed by atoms with Gasteiger partial charge in [0.1, 0.15) is 0 Å². The number of rotatable bonds is 7. The van der Waals surface area contributed by atoms with Crippen LogP contribution in [0.2, 0.25) is 0 Å². The van der Waals surface area contributed by atoms with Crippen molar-refractivity contribution in [3.8, 4) is 0 Å². The molecule has 0 radical (unpaired) electrons. The van der Waals surface area contributed by atoms with E-state index in [0.29, 0.717) is 23.6 Å². The Morgan fingerprint density at radius 3 is 2.13 bits per heavy atom. The van der Waals surface area contributed by atoms with Gasteiger partial charge in [0, 0.05) is 24.2 Å². The highest BCUT2D eigenvalue weighted by molar-refractivity contribution is 7.61. The molecule has 0 unspecified atom stereocenters. The highest BCUT2D eigenvalue weighted by Gasteiger charge is 2.46. The van der Waals surface area contributed by atoms with Crippen molar-refractivity contribution in [1.29, 1.82) is 0 Å². The monoisotopic (exact) mass is 541 g/mol. The maximum Gasteiger partial charge on any atom is 0.385 e. The zero-order valence-electron chi connectivity index (χ0n) is 23.3. The lowest BCUT2D eigenvalue weighted by Gasteiger charge is -2.55. The van der Waals surface area contributed by atoms with E-state index in [1.54, 1.807) is 13.8 Å². The Bertz CT molecular complexity index is 1220. The summed E-state index contributed by atoms with van der Waals surface area (Å²) >= 11 is 0. The van der Waals surface area contributed by atoms with E-state index in [4.69, 9.17) is 9.05 Å². The Morgan fingerprint density at radius 2 is 1.50 bits per heavy atom. The first-order chi connectivity index (χ1) is 18.4. The summed E-state index contributed by atoms with van der Waals surface area (Å²) in [6.07, 6.45) is 12.5. The van der Waals surface area contributed by atoms with Crippen LogP contribution in [-0.2, 0) is 13.6 Å². The van der Waals surface area contributed by atoms with Gasteiger partial charge in [0.15, 0.2) is 0 Å². The first-order valence-electron chi connectivity index (χ1n) is 15.1. The molecular weight excluding hydrogens is 497 g/mol. The van der Waals surface area contributed by atoms with Crippen molar-refractivity contribution in [3.63, 3.8) is 0 Å². The molecule has 3 heterocycles. The van der Waals surface area contributed by atoms with Crippen LogP contribution in [0.1, 0.15) is 91.0 Å². The highest BCUT2D eigenvalue weighted by atomic mass is 31.2. The Labute approximate surface area is 226 Å². The molecule has 0 spiro atoms. The smallest absolute Gasteiger partial charge is 0.304 e. The molecule has 0 amide bonds. The van der Waals surface area contributed by atoms with Gasteiger partial charge in [-0.15, -0.1) is 0 Å². The Kier molecular flexibility index (Phi) is 7.58. The number of aromatic nitrogens is 2. The molecule has 38 heavy (non-hydrogen) atoms. The first-order valence-corrected chi connectivity index (χ1v) is 16.6. The third-order valence-electron chi connectivity index (χ3n) is 9.78. The Hall–Kier alpha value is -1.53. The summed E-state index contributed by atoms with van der Waals surface area (Å²) < 4.78 is 26.8. The van der Waals surface area contributed by atoms with E-state index >= 15 is 0 Å². The van der Waals surface area contributed by atoms with Crippen molar-refractivity contribution in [1.82, 2.24) is 14.5 Å². The van der Waals surface area contributed by atoms with Gasteiger partial charge in [-0.2, -0.15) is 0 Å². The van der Waals surface area contributed by atoms with Gasteiger partial charge < -0.3 is 13.6 Å². The Balaban J connectivity index is 1.35. The summed E-state index contributed by atoms with van der Waals surface area (Å²) in [6.45, 7) is 6.36. The molecule has 2 saturated heterocycles. The Morgan fingerprint density at radius 1 is 0.868 bits per heavy atom. The topological polar surface area (TPSA) is 73.7 Å². The number of piperidine rings is 2. The number of fused-ring (bicyclic) bond motifs is 5. The average Bonchev–Trinajstić information content (AvgIpc) is 2.87. The van der Waals surface area contributed by atoms with E-state index in [1.807, 2.05) is 28.8 Å². The van der Waals surface area contributed by atoms with E-state index in [9.17, 15) is 9.36 Å². The van der Waals surface area contributed by atoms with E-state index in [0.717, 1.165) is 36.1 Å². The van der Waals surface area contributed by atoms with Crippen molar-refractivity contribution in [3.05, 3.63) is 34.6 Å². The molecule has 8 heteroatoms. The van der Waals surface area contributed by atoms with Gasteiger partial charge in [0.2, 0.25) is 5.44 Å². The number of benzene rings is 1. The van der Waals surface area contributed by atoms with Crippen LogP contribution in [0.15, 0.2) is 29.1 Å². The third-order valence-corrected chi connectivity index (χ3v) is 11.8. The number of para-hydroxylation sites is 2. The van der Waals surface area contributed by atoms with Crippen LogP contribution >= 0.6 is 7.60 Å². The fraction of sp³-hybridized carbons (Fsp3) is 0.733. The fourth-order valence-corrected chi connectivity index (χ4v) is 10.3. The summed E-state index contributed by atoms with van der Waals surface area (Å²) in [7, 11) is -3.82. The van der Waals surface area contributed by atoms with Crippen molar-refractivity contribution in [2.45, 2.75) is 109 Å². The van der Waals surface area contributed by atoms with E-state index in [2.05, 4.69) is 16.8 Å². The molecule has 4 aliphatic rings. The van der Waals surface area contributed by atoms with E-state index in [-0.39, 0.29) is 30.2 Å². The second-order valence-electron chi connectivity index (χ2n) is 12.4. The minimum absolute atomic E-state index is 0.0560. The lowest BCUT2D eigenvalue weighted by Crippen LogP contribution is -2.59. The summed E-state index contributed by atoms with van der Waals surface area (Å²) in [6, 6.07) is 9.50. The molecule has 1 aromatic carbocycles. The van der Waals surface area contributed by atoms with Gasteiger partial charge in [-0.1, -0.05) is 25.5 Å². The van der Waals surface area contributed by atoms with Crippen molar-refractivity contribution < 1.29 is 13.6 Å². The molecule has 6 rings (SSSR count). The molecule has 0 N–H and O–H groups in total. The molecule has 2 aliphatic carbocycles. The lowest BCUT2D eigenvalue weighted by molar-refractivity contribution is -0.0524. The molecule has 2 aliphatic heterocycles. The van der Waals surface area contributed by atoms with Gasteiger partial charge in [-0.05, 0) is 102 Å². The predicted molar refractivity (Wildman–Crippen MR) is 151 cm³/mol. The molecule has 7 atom stereocenters. The molecule has 2 aromatic rings. The number of hydrogen-bond donors (Lipinski definition) is 0. The second kappa shape index (κ2) is 10.8. The maximum absolute atomic E-state index is 14.1. The zero-order valence-corrected chi connectivity index (χ0v) is 24.2. The van der Waals surface area contributed by atoms with Crippen molar-refractivity contribution >= 4 is 24.1 Å². The first kappa shape index (κ1) is 26.7. The lowest BCUT2D eigenvalue weighted by atomic mass is 9.65. The van der Waals surface area contributed by atoms with Crippen LogP contribution in [0, 0.1) is 17.8 Å². The van der Waals surface area contributed by atoms with Crippen LogP contribution in [-0.4, -0.2) is 45.8 Å². The minimum Gasteiger partial charge on any atom is -0.304 e. The molecule has 4 fully saturated rings. The largest absolute Gasteiger partial charge is 0.385 e. The quantitative estimate of drug-likeness (QED) is 0.397. The SMILES string of the molecule is CCOP(=O)(OCC)c1nc2ccccc2n([C@H]2C[C@H]3CCC[C@@H](C2)N3[C@H]2C[C@@H]3C[C@@H](C)C[C@@H](C3)C2)c1=O. The molecule has 2 saturated carbocycles. The number of nitrogens with zero attached hydrogens (tertiary/aromatic N) is 3. The van der Waals surface area contributed by atoms with Gasteiger partial charge in [-0.25, -0.2) is 4.98 Å². The van der Waals surface area contributed by atoms with E-state index in [1.165, 1.54) is 51.4 Å². The molecule has 1 aromatic heterocycles. The van der Waals surface area contributed by atoms with Crippen LogP contribution in [0.4, 0.5) is 0 Å². The normalized spacial score (nSPS) is 33.9.